The third-order valence-corrected chi connectivity index (χ3v) is 8.76. The average molecular weight is 640 g/mol. The molecule has 2 N–H and O–H groups in total. The molecule has 0 spiro atoms. The highest BCUT2D eigenvalue weighted by Crippen LogP contribution is 2.40. The smallest absolute Gasteiger partial charge is 0.295 e. The monoisotopic (exact) mass is 638 g/mol. The van der Waals surface area contributed by atoms with Crippen LogP contribution in [0.25, 0.3) is 16.7 Å². The fourth-order valence-electron chi connectivity index (χ4n) is 5.95. The zero-order valence-corrected chi connectivity index (χ0v) is 24.7. The van der Waals surface area contributed by atoms with Gasteiger partial charge in [-0.1, -0.05) is 26.5 Å². The number of phenolic OH excluding ortho intramolecular Hbond substituents is 1. The standard InChI is InChI=1S/C30H29BrF2N6O3/c1-4-24(41)37-11-9-19-25-21(39(36-19)20-8-5-16(15(2)3)13-23(20)40)10-12-38(22(25)14-37)30(42)17-6-7-18(31)27-26(17)34-29(35-27)28(32)33/h4-8,13,15,22,28,40H,1,9-12,14H2,2-3H3,(H,34,35). The van der Waals surface area contributed by atoms with Crippen LogP contribution in [0, 0.1) is 0 Å². The Labute approximate surface area is 249 Å². The Balaban J connectivity index is 1.46. The van der Waals surface area contributed by atoms with Gasteiger partial charge in [0.1, 0.15) is 17.0 Å². The number of imidazole rings is 1. The molecule has 9 nitrogen and oxygen atoms in total. The third kappa shape index (κ3) is 4.57. The van der Waals surface area contributed by atoms with E-state index in [-0.39, 0.29) is 47.7 Å². The summed E-state index contributed by atoms with van der Waals surface area (Å²) in [6, 6.07) is 8.21. The topological polar surface area (TPSA) is 107 Å². The molecule has 0 saturated carbocycles. The minimum atomic E-state index is -2.83. The molecule has 2 aliphatic heterocycles. The lowest BCUT2D eigenvalue weighted by atomic mass is 9.94. The lowest BCUT2D eigenvalue weighted by Gasteiger charge is -2.38. The molecule has 2 amide bonds. The number of aromatic nitrogens is 4. The van der Waals surface area contributed by atoms with Gasteiger partial charge < -0.3 is 19.9 Å². The number of phenols is 1. The average Bonchev–Trinajstić information content (AvgIpc) is 3.52. The predicted octanol–water partition coefficient (Wildman–Crippen LogP) is 5.59. The second-order valence-electron chi connectivity index (χ2n) is 10.9. The van der Waals surface area contributed by atoms with Crippen LogP contribution in [0.1, 0.15) is 70.9 Å². The number of benzene rings is 2. The first-order chi connectivity index (χ1) is 20.1. The van der Waals surface area contributed by atoms with E-state index in [1.54, 1.807) is 32.7 Å². The van der Waals surface area contributed by atoms with E-state index in [2.05, 4.69) is 46.3 Å². The van der Waals surface area contributed by atoms with Gasteiger partial charge in [0, 0.05) is 42.5 Å². The van der Waals surface area contributed by atoms with Crippen LogP contribution in [-0.4, -0.2) is 66.1 Å². The van der Waals surface area contributed by atoms with Crippen molar-refractivity contribution in [2.24, 2.45) is 0 Å². The summed E-state index contributed by atoms with van der Waals surface area (Å²) >= 11 is 3.36. The Hall–Kier alpha value is -4.06. The lowest BCUT2D eigenvalue weighted by Crippen LogP contribution is -2.45. The highest BCUT2D eigenvalue weighted by Gasteiger charge is 2.41. The molecule has 0 radical (unpaired) electrons. The molecular formula is C30H29BrF2N6O3. The van der Waals surface area contributed by atoms with Crippen LogP contribution in [0.4, 0.5) is 8.78 Å². The van der Waals surface area contributed by atoms with Crippen molar-refractivity contribution >= 4 is 38.8 Å². The van der Waals surface area contributed by atoms with Gasteiger partial charge in [0.15, 0.2) is 5.82 Å². The molecule has 2 aromatic heterocycles. The number of alkyl halides is 2. The van der Waals surface area contributed by atoms with Crippen LogP contribution in [0.5, 0.6) is 5.75 Å². The second kappa shape index (κ2) is 10.6. The molecule has 6 rings (SSSR count). The number of aromatic amines is 1. The summed E-state index contributed by atoms with van der Waals surface area (Å²) in [4.78, 5) is 36.9. The Morgan fingerprint density at radius 3 is 2.67 bits per heavy atom. The Morgan fingerprint density at radius 1 is 1.19 bits per heavy atom. The number of hydrogen-bond acceptors (Lipinski definition) is 5. The minimum Gasteiger partial charge on any atom is -0.506 e. The van der Waals surface area contributed by atoms with Crippen molar-refractivity contribution in [2.45, 2.75) is 45.1 Å². The molecule has 218 valence electrons. The van der Waals surface area contributed by atoms with Crippen molar-refractivity contribution in [2.75, 3.05) is 19.6 Å². The Morgan fingerprint density at radius 2 is 1.98 bits per heavy atom. The molecule has 2 aliphatic rings. The first-order valence-corrected chi connectivity index (χ1v) is 14.5. The number of amides is 2. The van der Waals surface area contributed by atoms with Gasteiger partial charge in [0.2, 0.25) is 5.91 Å². The highest BCUT2D eigenvalue weighted by molar-refractivity contribution is 9.10. The molecule has 0 bridgehead atoms. The summed E-state index contributed by atoms with van der Waals surface area (Å²) < 4.78 is 29.3. The van der Waals surface area contributed by atoms with E-state index in [1.165, 1.54) is 6.08 Å². The van der Waals surface area contributed by atoms with Crippen molar-refractivity contribution in [1.82, 2.24) is 29.5 Å². The van der Waals surface area contributed by atoms with Crippen molar-refractivity contribution < 1.29 is 23.5 Å². The maximum atomic E-state index is 14.2. The molecule has 0 aliphatic carbocycles. The number of aromatic hydroxyl groups is 1. The summed E-state index contributed by atoms with van der Waals surface area (Å²) in [5, 5.41) is 15.9. The van der Waals surface area contributed by atoms with Gasteiger partial charge in [-0.3, -0.25) is 9.59 Å². The van der Waals surface area contributed by atoms with Crippen LogP contribution in [0.3, 0.4) is 0 Å². The van der Waals surface area contributed by atoms with Crippen LogP contribution >= 0.6 is 15.9 Å². The number of H-pyrrole nitrogens is 1. The minimum absolute atomic E-state index is 0.110. The van der Waals surface area contributed by atoms with Gasteiger partial charge in [0.25, 0.3) is 12.3 Å². The van der Waals surface area contributed by atoms with E-state index in [0.29, 0.717) is 35.1 Å². The van der Waals surface area contributed by atoms with Crippen LogP contribution in [0.2, 0.25) is 0 Å². The molecular weight excluding hydrogens is 610 g/mol. The zero-order chi connectivity index (χ0) is 29.9. The van der Waals surface area contributed by atoms with E-state index >= 15 is 0 Å². The number of rotatable bonds is 5. The van der Waals surface area contributed by atoms with Gasteiger partial charge >= 0.3 is 0 Å². The molecule has 1 atom stereocenters. The molecule has 0 fully saturated rings. The number of nitrogens with zero attached hydrogens (tertiary/aromatic N) is 5. The molecule has 12 heteroatoms. The van der Waals surface area contributed by atoms with Crippen LogP contribution < -0.4 is 0 Å². The molecule has 4 heterocycles. The van der Waals surface area contributed by atoms with E-state index < -0.39 is 18.3 Å². The summed E-state index contributed by atoms with van der Waals surface area (Å²) in [7, 11) is 0. The van der Waals surface area contributed by atoms with E-state index in [9.17, 15) is 23.5 Å². The molecule has 4 aromatic rings. The summed E-state index contributed by atoms with van der Waals surface area (Å²) in [5.74, 6) is -0.804. The number of carbonyl (C=O) groups excluding carboxylic acids is 2. The van der Waals surface area contributed by atoms with Gasteiger partial charge in [0.05, 0.1) is 28.5 Å². The predicted molar refractivity (Wildman–Crippen MR) is 156 cm³/mol. The van der Waals surface area contributed by atoms with Gasteiger partial charge in [-0.2, -0.15) is 5.10 Å². The SMILES string of the molecule is C=CC(=O)N1CCc2nn(-c3ccc(C(C)C)cc3O)c3c2C(C1)N(C(=O)c1ccc(Br)c2[nH]c(C(F)F)nc12)CC3. The highest BCUT2D eigenvalue weighted by atomic mass is 79.9. The molecule has 2 aromatic carbocycles. The number of carbonyl (C=O) groups is 2. The zero-order valence-electron chi connectivity index (χ0n) is 23.1. The lowest BCUT2D eigenvalue weighted by molar-refractivity contribution is -0.126. The first kappa shape index (κ1) is 28.1. The van der Waals surface area contributed by atoms with E-state index in [4.69, 9.17) is 5.10 Å². The maximum Gasteiger partial charge on any atom is 0.295 e. The van der Waals surface area contributed by atoms with Crippen molar-refractivity contribution in [3.8, 4) is 11.4 Å². The summed E-state index contributed by atoms with van der Waals surface area (Å²) in [6.45, 7) is 8.61. The quantitative estimate of drug-likeness (QED) is 0.277. The van der Waals surface area contributed by atoms with Gasteiger partial charge in [-0.25, -0.2) is 18.4 Å². The summed E-state index contributed by atoms with van der Waals surface area (Å²) in [5.41, 5.74) is 4.62. The Kier molecular flexibility index (Phi) is 7.12. The fraction of sp³-hybridized carbons (Fsp3) is 0.333. The second-order valence-corrected chi connectivity index (χ2v) is 11.7. The first-order valence-electron chi connectivity index (χ1n) is 13.7. The number of nitrogens with one attached hydrogen (secondary N) is 1. The number of fused-ring (bicyclic) bond motifs is 1. The van der Waals surface area contributed by atoms with E-state index in [0.717, 1.165) is 22.5 Å². The van der Waals surface area contributed by atoms with Crippen molar-refractivity contribution in [1.29, 1.82) is 0 Å². The van der Waals surface area contributed by atoms with Crippen LogP contribution in [0.15, 0.2) is 47.5 Å². The third-order valence-electron chi connectivity index (χ3n) is 8.10. The normalized spacial score (nSPS) is 16.7. The van der Waals surface area contributed by atoms with Crippen LogP contribution in [-0.2, 0) is 17.6 Å². The summed E-state index contributed by atoms with van der Waals surface area (Å²) in [6.07, 6.45) is -0.683. The largest absolute Gasteiger partial charge is 0.506 e. The number of hydrogen-bond donors (Lipinski definition) is 2. The molecule has 0 saturated heterocycles. The van der Waals surface area contributed by atoms with Gasteiger partial charge in [-0.05, 0) is 57.8 Å². The maximum absolute atomic E-state index is 14.2. The number of halogens is 3. The Bertz CT molecular complexity index is 1750. The van der Waals surface area contributed by atoms with Crippen molar-refractivity contribution in [3.05, 3.63) is 81.4 Å². The molecule has 1 unspecified atom stereocenters. The van der Waals surface area contributed by atoms with Gasteiger partial charge in [-0.15, -0.1) is 0 Å². The van der Waals surface area contributed by atoms with Crippen molar-refractivity contribution in [3.63, 3.8) is 0 Å². The van der Waals surface area contributed by atoms with E-state index in [1.807, 2.05) is 12.1 Å². The fourth-order valence-corrected chi connectivity index (χ4v) is 6.37. The molecule has 42 heavy (non-hydrogen) atoms.